The largest absolute Gasteiger partial charge is 0.507 e. The van der Waals surface area contributed by atoms with Gasteiger partial charge in [0.15, 0.2) is 5.78 Å². The lowest BCUT2D eigenvalue weighted by atomic mass is 9.76. The van der Waals surface area contributed by atoms with Gasteiger partial charge in [0.25, 0.3) is 5.56 Å². The first kappa shape index (κ1) is 27.9. The zero-order valence-corrected chi connectivity index (χ0v) is 23.7. The number of aromatic nitrogens is 1. The molecule has 0 amide bonds. The van der Waals surface area contributed by atoms with Crippen LogP contribution in [0.1, 0.15) is 127 Å². The number of carbonyl (C=O) groups is 2. The minimum Gasteiger partial charge on any atom is -0.507 e. The number of benzene rings is 1. The standard InChI is InChI=1S/C31H41NO6/c1-17(33)23-28(36)24(18-15-19(30(2,3)4)27(35)20(16-18)31(5,6)7)26-25-21(34)13-11-9-8-10-12-14-22(25)38-32(26)29(23)37/h15-16,22,25,35-36H,8-14H2,1-7H3/t22-,25+/m1/s1. The van der Waals surface area contributed by atoms with Gasteiger partial charge in [-0.05, 0) is 54.7 Å². The molecule has 1 fully saturated rings. The van der Waals surface area contributed by atoms with Gasteiger partial charge >= 0.3 is 0 Å². The molecule has 4 rings (SSSR count). The molecule has 7 heteroatoms. The summed E-state index contributed by atoms with van der Waals surface area (Å²) in [4.78, 5) is 45.9. The highest BCUT2D eigenvalue weighted by atomic mass is 16.7. The molecule has 0 spiro atoms. The number of phenolic OH excluding ortho intramolecular Hbond substituents is 1. The monoisotopic (exact) mass is 523 g/mol. The van der Waals surface area contributed by atoms with E-state index in [0.29, 0.717) is 35.2 Å². The average molecular weight is 524 g/mol. The van der Waals surface area contributed by atoms with E-state index in [1.54, 1.807) is 12.1 Å². The number of pyridine rings is 1. The summed E-state index contributed by atoms with van der Waals surface area (Å²) in [6.07, 6.45) is 5.09. The van der Waals surface area contributed by atoms with Crippen molar-refractivity contribution in [2.24, 2.45) is 0 Å². The molecule has 1 aromatic heterocycles. The first-order valence-electron chi connectivity index (χ1n) is 13.8. The molecular weight excluding hydrogens is 482 g/mol. The van der Waals surface area contributed by atoms with Gasteiger partial charge in [-0.3, -0.25) is 14.4 Å². The molecule has 2 atom stereocenters. The molecule has 7 nitrogen and oxygen atoms in total. The predicted molar refractivity (Wildman–Crippen MR) is 147 cm³/mol. The number of hydrogen-bond acceptors (Lipinski definition) is 6. The Labute approximate surface area is 224 Å². The Kier molecular flexibility index (Phi) is 7.28. The number of aromatic hydroxyl groups is 2. The van der Waals surface area contributed by atoms with Crippen LogP contribution in [0.5, 0.6) is 11.5 Å². The Morgan fingerprint density at radius 2 is 1.45 bits per heavy atom. The highest BCUT2D eigenvalue weighted by Gasteiger charge is 2.45. The van der Waals surface area contributed by atoms with Crippen molar-refractivity contribution in [1.82, 2.24) is 4.73 Å². The fourth-order valence-corrected chi connectivity index (χ4v) is 5.85. The molecule has 2 heterocycles. The molecule has 1 saturated carbocycles. The summed E-state index contributed by atoms with van der Waals surface area (Å²) < 4.78 is 1.09. The first-order chi connectivity index (χ1) is 17.6. The van der Waals surface area contributed by atoms with E-state index in [1.165, 1.54) is 6.92 Å². The molecule has 1 aliphatic carbocycles. The zero-order valence-electron chi connectivity index (χ0n) is 23.7. The van der Waals surface area contributed by atoms with Crippen molar-refractivity contribution in [3.8, 4) is 22.6 Å². The number of hydrogen-bond donors (Lipinski definition) is 2. The van der Waals surface area contributed by atoms with Gasteiger partial charge in [0.2, 0.25) is 0 Å². The van der Waals surface area contributed by atoms with Crippen LogP contribution in [0, 0.1) is 0 Å². The number of nitrogens with zero attached hydrogens (tertiary/aromatic N) is 1. The van der Waals surface area contributed by atoms with Gasteiger partial charge in [-0.15, -0.1) is 4.73 Å². The Bertz CT molecular complexity index is 1300. The number of phenols is 1. The number of carbonyl (C=O) groups excluding carboxylic acids is 2. The number of Topliss-reactive ketones (excluding diaryl/α,β-unsaturated/α-hetero) is 2. The Morgan fingerprint density at radius 1 is 0.895 bits per heavy atom. The summed E-state index contributed by atoms with van der Waals surface area (Å²) in [7, 11) is 0. The fourth-order valence-electron chi connectivity index (χ4n) is 5.85. The quantitative estimate of drug-likeness (QED) is 0.473. The second-order valence-corrected chi connectivity index (χ2v) is 13.0. The van der Waals surface area contributed by atoms with Crippen molar-refractivity contribution in [2.75, 3.05) is 0 Å². The van der Waals surface area contributed by atoms with Crippen LogP contribution in [0.25, 0.3) is 11.1 Å². The van der Waals surface area contributed by atoms with Crippen LogP contribution in [0.4, 0.5) is 0 Å². The van der Waals surface area contributed by atoms with Crippen molar-refractivity contribution in [3.63, 3.8) is 0 Å². The molecule has 1 aromatic carbocycles. The lowest BCUT2D eigenvalue weighted by molar-refractivity contribution is -0.122. The number of ketones is 2. The third kappa shape index (κ3) is 4.87. The molecule has 0 saturated heterocycles. The van der Waals surface area contributed by atoms with Gasteiger partial charge in [0, 0.05) is 23.1 Å². The van der Waals surface area contributed by atoms with Gasteiger partial charge in [-0.25, -0.2) is 0 Å². The third-order valence-corrected chi connectivity index (χ3v) is 7.88. The minimum absolute atomic E-state index is 0.0235. The summed E-state index contributed by atoms with van der Waals surface area (Å²) in [5.74, 6) is -1.60. The van der Waals surface area contributed by atoms with E-state index >= 15 is 0 Å². The average Bonchev–Trinajstić information content (AvgIpc) is 3.17. The second kappa shape index (κ2) is 9.90. The SMILES string of the molecule is CC(=O)c1c(O)c(-c2cc(C(C)(C)C)c(O)c(C(C)(C)C)c2)c2n(c1=O)O[C@@H]1CCCCCCCC(=O)[C@H]21. The molecule has 206 valence electrons. The Hall–Kier alpha value is -3.09. The summed E-state index contributed by atoms with van der Waals surface area (Å²) in [6.45, 7) is 13.2. The maximum absolute atomic E-state index is 13.6. The smallest absolute Gasteiger partial charge is 0.297 e. The maximum atomic E-state index is 13.6. The van der Waals surface area contributed by atoms with E-state index < -0.39 is 39.9 Å². The molecule has 2 aromatic rings. The number of rotatable bonds is 2. The van der Waals surface area contributed by atoms with E-state index in [-0.39, 0.29) is 22.7 Å². The fraction of sp³-hybridized carbons (Fsp3) is 0.581. The topological polar surface area (TPSA) is 106 Å². The molecule has 0 bridgehead atoms. The normalized spacial score (nSPS) is 20.4. The van der Waals surface area contributed by atoms with E-state index in [9.17, 15) is 24.6 Å². The molecule has 0 unspecified atom stereocenters. The Morgan fingerprint density at radius 3 is 2.00 bits per heavy atom. The lowest BCUT2D eigenvalue weighted by Crippen LogP contribution is -2.32. The van der Waals surface area contributed by atoms with E-state index in [1.807, 2.05) is 41.5 Å². The molecular formula is C31H41NO6. The molecule has 38 heavy (non-hydrogen) atoms. The summed E-state index contributed by atoms with van der Waals surface area (Å²) in [5, 5.41) is 22.8. The van der Waals surface area contributed by atoms with Gasteiger partial charge in [-0.2, -0.15) is 0 Å². The lowest BCUT2D eigenvalue weighted by Gasteiger charge is -2.29. The van der Waals surface area contributed by atoms with Crippen molar-refractivity contribution in [2.45, 2.75) is 116 Å². The van der Waals surface area contributed by atoms with Crippen LogP contribution in [0.15, 0.2) is 16.9 Å². The van der Waals surface area contributed by atoms with Crippen molar-refractivity contribution < 1.29 is 24.6 Å². The number of fused-ring (bicyclic) bond motifs is 3. The van der Waals surface area contributed by atoms with Crippen LogP contribution in [0.2, 0.25) is 0 Å². The predicted octanol–water partition coefficient (Wildman–Crippen LogP) is 5.93. The summed E-state index contributed by atoms with van der Waals surface area (Å²) >= 11 is 0. The van der Waals surface area contributed by atoms with Crippen LogP contribution in [-0.4, -0.2) is 32.6 Å². The summed E-state index contributed by atoms with van der Waals surface area (Å²) in [5.41, 5.74) is 0.441. The highest BCUT2D eigenvalue weighted by Crippen LogP contribution is 2.47. The first-order valence-corrected chi connectivity index (χ1v) is 13.8. The molecule has 1 aliphatic heterocycles. The highest BCUT2D eigenvalue weighted by molar-refractivity contribution is 6.00. The van der Waals surface area contributed by atoms with Crippen LogP contribution < -0.4 is 10.4 Å². The second-order valence-electron chi connectivity index (χ2n) is 13.0. The van der Waals surface area contributed by atoms with Crippen LogP contribution in [0.3, 0.4) is 0 Å². The van der Waals surface area contributed by atoms with Gasteiger partial charge in [-0.1, -0.05) is 60.8 Å². The van der Waals surface area contributed by atoms with E-state index in [2.05, 4.69) is 0 Å². The molecule has 2 aliphatic rings. The van der Waals surface area contributed by atoms with Gasteiger partial charge < -0.3 is 15.1 Å². The van der Waals surface area contributed by atoms with Crippen molar-refractivity contribution in [1.29, 1.82) is 0 Å². The van der Waals surface area contributed by atoms with E-state index in [4.69, 9.17) is 4.84 Å². The minimum atomic E-state index is -0.741. The van der Waals surface area contributed by atoms with Gasteiger partial charge in [0.05, 0.1) is 5.69 Å². The maximum Gasteiger partial charge on any atom is 0.297 e. The third-order valence-electron chi connectivity index (χ3n) is 7.88. The van der Waals surface area contributed by atoms with Crippen LogP contribution in [-0.2, 0) is 15.6 Å². The van der Waals surface area contributed by atoms with Gasteiger partial charge in [0.1, 0.15) is 34.9 Å². The molecule has 0 radical (unpaired) electrons. The van der Waals surface area contributed by atoms with Crippen molar-refractivity contribution in [3.05, 3.63) is 44.9 Å². The summed E-state index contributed by atoms with van der Waals surface area (Å²) in [6, 6.07) is 3.60. The van der Waals surface area contributed by atoms with Crippen molar-refractivity contribution >= 4 is 11.6 Å². The Balaban J connectivity index is 2.11. The van der Waals surface area contributed by atoms with Crippen LogP contribution >= 0.6 is 0 Å². The molecule has 2 N–H and O–H groups in total. The van der Waals surface area contributed by atoms with E-state index in [0.717, 1.165) is 36.8 Å². The zero-order chi connectivity index (χ0) is 28.2.